The smallest absolute Gasteiger partial charge is 0.349 e. The van der Waals surface area contributed by atoms with E-state index in [4.69, 9.17) is 9.15 Å². The lowest BCUT2D eigenvalue weighted by molar-refractivity contribution is 0.0934. The number of nitrogens with one attached hydrogen (secondary N) is 1. The van der Waals surface area contributed by atoms with E-state index >= 15 is 0 Å². The van der Waals surface area contributed by atoms with Crippen molar-refractivity contribution < 1.29 is 13.9 Å². The van der Waals surface area contributed by atoms with Crippen molar-refractivity contribution in [3.63, 3.8) is 0 Å². The Morgan fingerprint density at radius 3 is 2.95 bits per heavy atom. The molecule has 0 unspecified atom stereocenters. The van der Waals surface area contributed by atoms with Crippen LogP contribution < -0.4 is 10.9 Å². The van der Waals surface area contributed by atoms with E-state index in [1.807, 2.05) is 6.07 Å². The number of para-hydroxylation sites is 1. The molecule has 116 valence electrons. The van der Waals surface area contributed by atoms with Crippen LogP contribution in [0.4, 0.5) is 0 Å². The van der Waals surface area contributed by atoms with Crippen LogP contribution in [0, 0.1) is 5.92 Å². The number of fused-ring (bicyclic) bond motifs is 1. The molecule has 3 rings (SSSR count). The van der Waals surface area contributed by atoms with E-state index in [-0.39, 0.29) is 5.56 Å². The summed E-state index contributed by atoms with van der Waals surface area (Å²) in [5.74, 6) is 0.346. The standard InChI is InChI=1S/C17H19NO4/c19-16(18-8-3-9-21-11-12-6-7-12)14-10-13-4-1-2-5-15(13)22-17(14)20/h1-2,4-5,10,12H,3,6-9,11H2,(H,18,19). The summed E-state index contributed by atoms with van der Waals surface area (Å²) in [6.07, 6.45) is 3.28. The molecule has 1 aliphatic carbocycles. The van der Waals surface area contributed by atoms with Crippen LogP contribution in [0.15, 0.2) is 39.5 Å². The first-order valence-electron chi connectivity index (χ1n) is 7.63. The molecule has 1 fully saturated rings. The van der Waals surface area contributed by atoms with E-state index in [0.717, 1.165) is 24.3 Å². The van der Waals surface area contributed by atoms with Crippen LogP contribution in [0.25, 0.3) is 11.0 Å². The summed E-state index contributed by atoms with van der Waals surface area (Å²) < 4.78 is 10.6. The molecule has 0 bridgehead atoms. The molecule has 1 N–H and O–H groups in total. The number of amides is 1. The average Bonchev–Trinajstić information content (AvgIpc) is 3.34. The van der Waals surface area contributed by atoms with Gasteiger partial charge in [0.25, 0.3) is 5.91 Å². The lowest BCUT2D eigenvalue weighted by Crippen LogP contribution is -2.29. The zero-order chi connectivity index (χ0) is 15.4. The fourth-order valence-corrected chi connectivity index (χ4v) is 2.23. The Bertz CT molecular complexity index is 718. The van der Waals surface area contributed by atoms with Crippen molar-refractivity contribution in [2.45, 2.75) is 19.3 Å². The summed E-state index contributed by atoms with van der Waals surface area (Å²) in [4.78, 5) is 23.9. The molecule has 0 radical (unpaired) electrons. The maximum absolute atomic E-state index is 12.0. The van der Waals surface area contributed by atoms with Crippen molar-refractivity contribution in [1.29, 1.82) is 0 Å². The maximum Gasteiger partial charge on any atom is 0.349 e. The number of carbonyl (C=O) groups is 1. The Labute approximate surface area is 128 Å². The van der Waals surface area contributed by atoms with Crippen LogP contribution in [-0.4, -0.2) is 25.7 Å². The zero-order valence-electron chi connectivity index (χ0n) is 12.3. The summed E-state index contributed by atoms with van der Waals surface area (Å²) in [5.41, 5.74) is -0.0868. The third kappa shape index (κ3) is 3.74. The third-order valence-electron chi connectivity index (χ3n) is 3.69. The van der Waals surface area contributed by atoms with Gasteiger partial charge in [-0.3, -0.25) is 4.79 Å². The molecular weight excluding hydrogens is 282 g/mol. The number of hydrogen-bond acceptors (Lipinski definition) is 4. The van der Waals surface area contributed by atoms with Crippen LogP contribution in [0.2, 0.25) is 0 Å². The second kappa shape index (κ2) is 6.75. The monoisotopic (exact) mass is 301 g/mol. The first-order chi connectivity index (χ1) is 10.7. The minimum Gasteiger partial charge on any atom is -0.422 e. The number of carbonyl (C=O) groups excluding carboxylic acids is 1. The molecule has 1 aromatic carbocycles. The summed E-state index contributed by atoms with van der Waals surface area (Å²) in [5, 5.41) is 3.47. The van der Waals surface area contributed by atoms with Gasteiger partial charge in [-0.1, -0.05) is 18.2 Å². The molecular formula is C17H19NO4. The molecule has 22 heavy (non-hydrogen) atoms. The van der Waals surface area contributed by atoms with Gasteiger partial charge in [-0.15, -0.1) is 0 Å². The highest BCUT2D eigenvalue weighted by Gasteiger charge is 2.20. The van der Waals surface area contributed by atoms with E-state index in [0.29, 0.717) is 18.7 Å². The van der Waals surface area contributed by atoms with Crippen molar-refractivity contribution in [1.82, 2.24) is 5.32 Å². The van der Waals surface area contributed by atoms with Crippen LogP contribution in [-0.2, 0) is 4.74 Å². The van der Waals surface area contributed by atoms with Crippen LogP contribution in [0.5, 0.6) is 0 Å². The summed E-state index contributed by atoms with van der Waals surface area (Å²) in [6.45, 7) is 1.93. The van der Waals surface area contributed by atoms with E-state index in [9.17, 15) is 9.59 Å². The highest BCUT2D eigenvalue weighted by atomic mass is 16.5. The Hall–Kier alpha value is -2.14. The fraction of sp³-hybridized carbons (Fsp3) is 0.412. The van der Waals surface area contributed by atoms with Gasteiger partial charge in [-0.2, -0.15) is 0 Å². The molecule has 0 saturated heterocycles. The highest BCUT2D eigenvalue weighted by Crippen LogP contribution is 2.28. The van der Waals surface area contributed by atoms with Crippen molar-refractivity contribution in [2.24, 2.45) is 5.92 Å². The van der Waals surface area contributed by atoms with Gasteiger partial charge < -0.3 is 14.5 Å². The quantitative estimate of drug-likeness (QED) is 0.629. The molecule has 1 heterocycles. The summed E-state index contributed by atoms with van der Waals surface area (Å²) in [7, 11) is 0. The predicted octanol–water partition coefficient (Wildman–Crippen LogP) is 2.34. The zero-order valence-corrected chi connectivity index (χ0v) is 12.3. The van der Waals surface area contributed by atoms with E-state index in [2.05, 4.69) is 5.32 Å². The lowest BCUT2D eigenvalue weighted by atomic mass is 10.2. The Kier molecular flexibility index (Phi) is 4.53. The van der Waals surface area contributed by atoms with Gasteiger partial charge in [0.15, 0.2) is 0 Å². The molecule has 0 spiro atoms. The lowest BCUT2D eigenvalue weighted by Gasteiger charge is -2.06. The average molecular weight is 301 g/mol. The second-order valence-electron chi connectivity index (χ2n) is 5.61. The normalized spacial score (nSPS) is 14.2. The van der Waals surface area contributed by atoms with Crippen LogP contribution >= 0.6 is 0 Å². The van der Waals surface area contributed by atoms with Gasteiger partial charge in [0.2, 0.25) is 0 Å². The highest BCUT2D eigenvalue weighted by molar-refractivity contribution is 5.96. The first kappa shape index (κ1) is 14.8. The van der Waals surface area contributed by atoms with E-state index < -0.39 is 11.5 Å². The molecule has 0 aliphatic heterocycles. The first-order valence-corrected chi connectivity index (χ1v) is 7.63. The van der Waals surface area contributed by atoms with Crippen molar-refractivity contribution in [2.75, 3.05) is 19.8 Å². The third-order valence-corrected chi connectivity index (χ3v) is 3.69. The largest absolute Gasteiger partial charge is 0.422 e. The number of ether oxygens (including phenoxy) is 1. The van der Waals surface area contributed by atoms with Crippen LogP contribution in [0.1, 0.15) is 29.6 Å². The molecule has 0 atom stereocenters. The van der Waals surface area contributed by atoms with Crippen molar-refractivity contribution >= 4 is 16.9 Å². The fourth-order valence-electron chi connectivity index (χ4n) is 2.23. The van der Waals surface area contributed by atoms with Gasteiger partial charge in [-0.25, -0.2) is 4.79 Å². The van der Waals surface area contributed by atoms with Gasteiger partial charge in [0.1, 0.15) is 11.1 Å². The Morgan fingerprint density at radius 1 is 1.32 bits per heavy atom. The van der Waals surface area contributed by atoms with E-state index in [1.165, 1.54) is 12.8 Å². The SMILES string of the molecule is O=C(NCCCOCC1CC1)c1cc2ccccc2oc1=O. The summed E-state index contributed by atoms with van der Waals surface area (Å²) >= 11 is 0. The number of hydrogen-bond donors (Lipinski definition) is 1. The Balaban J connectivity index is 1.52. The van der Waals surface area contributed by atoms with Gasteiger partial charge in [0, 0.05) is 25.1 Å². The second-order valence-corrected chi connectivity index (χ2v) is 5.61. The van der Waals surface area contributed by atoms with Gasteiger partial charge >= 0.3 is 5.63 Å². The Morgan fingerprint density at radius 2 is 2.14 bits per heavy atom. The topological polar surface area (TPSA) is 68.5 Å². The van der Waals surface area contributed by atoms with Crippen molar-refractivity contribution in [3.8, 4) is 0 Å². The molecule has 1 amide bonds. The summed E-state index contributed by atoms with van der Waals surface area (Å²) in [6, 6.07) is 8.70. The predicted molar refractivity (Wildman–Crippen MR) is 83.0 cm³/mol. The number of benzene rings is 1. The van der Waals surface area contributed by atoms with Gasteiger partial charge in [-0.05, 0) is 37.3 Å². The molecule has 1 aliphatic rings. The van der Waals surface area contributed by atoms with Gasteiger partial charge in [0.05, 0.1) is 0 Å². The van der Waals surface area contributed by atoms with E-state index in [1.54, 1.807) is 24.3 Å². The molecule has 2 aromatic rings. The minimum absolute atomic E-state index is 0.0394. The number of rotatable bonds is 7. The molecule has 5 heteroatoms. The van der Waals surface area contributed by atoms with Crippen LogP contribution in [0.3, 0.4) is 0 Å². The molecule has 1 aromatic heterocycles. The minimum atomic E-state index is -0.610. The molecule has 1 saturated carbocycles. The van der Waals surface area contributed by atoms with Crippen molar-refractivity contribution in [3.05, 3.63) is 46.3 Å². The molecule has 5 nitrogen and oxygen atoms in total. The maximum atomic E-state index is 12.0.